The fraction of sp³-hybridized carbons (Fsp3) is 0.167. The van der Waals surface area contributed by atoms with Crippen LogP contribution in [0.5, 0.6) is 0 Å². The minimum absolute atomic E-state index is 0.138. The van der Waals surface area contributed by atoms with E-state index >= 15 is 0 Å². The van der Waals surface area contributed by atoms with Gasteiger partial charge in [0.2, 0.25) is 0 Å². The molecule has 0 unspecified atom stereocenters. The Balaban J connectivity index is 2.79. The third-order valence-corrected chi connectivity index (χ3v) is 2.43. The van der Waals surface area contributed by atoms with E-state index in [0.29, 0.717) is 0 Å². The normalized spacial score (nSPS) is 19.5. The highest BCUT2D eigenvalue weighted by molar-refractivity contribution is 6.22. The summed E-state index contributed by atoms with van der Waals surface area (Å²) in [5.74, 6) is -2.75. The molecule has 1 aliphatic carbocycles. The molecule has 1 aromatic rings. The molecule has 82 valence electrons. The first-order valence-corrected chi connectivity index (χ1v) is 4.64. The Bertz CT molecular complexity index is 575. The van der Waals surface area contributed by atoms with Crippen LogP contribution in [0.15, 0.2) is 29.8 Å². The Hall–Kier alpha value is -2.10. The molecule has 0 bridgehead atoms. The highest BCUT2D eigenvalue weighted by Crippen LogP contribution is 2.31. The molecule has 0 saturated carbocycles. The molecule has 0 fully saturated rings. The predicted molar refractivity (Wildman–Crippen MR) is 57.0 cm³/mol. The van der Waals surface area contributed by atoms with Gasteiger partial charge in [0.25, 0.3) is 0 Å². The smallest absolute Gasteiger partial charge is 0.336 e. The van der Waals surface area contributed by atoms with Gasteiger partial charge in [-0.1, -0.05) is 24.3 Å². The van der Waals surface area contributed by atoms with Crippen LogP contribution < -0.4 is 0 Å². The minimum atomic E-state index is -1.87. The lowest BCUT2D eigenvalue weighted by Gasteiger charge is -2.18. The fourth-order valence-corrected chi connectivity index (χ4v) is 1.72. The van der Waals surface area contributed by atoms with Crippen molar-refractivity contribution in [2.45, 2.75) is 12.8 Å². The first kappa shape index (κ1) is 8.10. The quantitative estimate of drug-likeness (QED) is 0.793. The number of fused-ring (bicyclic) bond motifs is 1. The van der Waals surface area contributed by atoms with Gasteiger partial charge in [-0.05, 0) is 23.9 Å². The summed E-state index contributed by atoms with van der Waals surface area (Å²) in [4.78, 5) is 22.3. The van der Waals surface area contributed by atoms with Gasteiger partial charge in [0.05, 0.1) is 11.1 Å². The van der Waals surface area contributed by atoms with Crippen molar-refractivity contribution in [1.29, 1.82) is 0 Å². The molecular weight excluding hydrogens is 208 g/mol. The zero-order chi connectivity index (χ0) is 13.5. The molecule has 0 spiro atoms. The average molecular weight is 220 g/mol. The zero-order valence-electron chi connectivity index (χ0n) is 10.2. The van der Waals surface area contributed by atoms with Crippen molar-refractivity contribution >= 4 is 17.5 Å². The lowest BCUT2D eigenvalue weighted by atomic mass is 9.85. The van der Waals surface area contributed by atoms with Crippen LogP contribution in [0.25, 0.3) is 5.57 Å². The van der Waals surface area contributed by atoms with Crippen LogP contribution >= 0.6 is 0 Å². The molecular formula is C12H10O4. The maximum Gasteiger partial charge on any atom is 0.336 e. The highest BCUT2D eigenvalue weighted by Gasteiger charge is 2.27. The first-order valence-electron chi connectivity index (χ1n) is 5.64. The number of aliphatic carboxylic acids is 2. The number of rotatable bonds is 2. The van der Waals surface area contributed by atoms with Crippen molar-refractivity contribution in [1.82, 2.24) is 0 Å². The van der Waals surface area contributed by atoms with Crippen molar-refractivity contribution in [3.63, 3.8) is 0 Å². The van der Waals surface area contributed by atoms with Gasteiger partial charge in [0.1, 0.15) is 0 Å². The molecule has 0 heterocycles. The number of hydrogen-bond acceptors (Lipinski definition) is 2. The lowest BCUT2D eigenvalue weighted by molar-refractivity contribution is -0.134. The van der Waals surface area contributed by atoms with E-state index in [1.165, 1.54) is 12.1 Å². The molecule has 2 rings (SSSR count). The summed E-state index contributed by atoms with van der Waals surface area (Å²) in [7, 11) is 0. The first-order chi connectivity index (χ1) is 8.34. The molecule has 16 heavy (non-hydrogen) atoms. The molecule has 0 amide bonds. The second kappa shape index (κ2) is 3.81. The van der Waals surface area contributed by atoms with E-state index < -0.39 is 30.3 Å². The maximum absolute atomic E-state index is 11.2. The van der Waals surface area contributed by atoms with Gasteiger partial charge in [0.15, 0.2) is 0 Å². The Morgan fingerprint density at radius 1 is 1.19 bits per heavy atom. The van der Waals surface area contributed by atoms with Crippen molar-refractivity contribution in [3.05, 3.63) is 41.0 Å². The second-order valence-electron chi connectivity index (χ2n) is 3.36. The Morgan fingerprint density at radius 3 is 2.50 bits per heavy atom. The van der Waals surface area contributed by atoms with E-state index in [1.54, 1.807) is 12.1 Å². The van der Waals surface area contributed by atoms with Crippen LogP contribution in [0.4, 0.5) is 0 Å². The summed E-state index contributed by atoms with van der Waals surface area (Å²) < 4.78 is 15.7. The largest absolute Gasteiger partial charge is 0.478 e. The monoisotopic (exact) mass is 220 g/mol. The number of carbonyl (C=O) groups is 2. The van der Waals surface area contributed by atoms with Crippen LogP contribution in [0, 0.1) is 0 Å². The highest BCUT2D eigenvalue weighted by atomic mass is 16.4. The summed E-state index contributed by atoms with van der Waals surface area (Å²) in [6.07, 6.45) is -2.32. The zero-order valence-corrected chi connectivity index (χ0v) is 8.23. The van der Waals surface area contributed by atoms with Gasteiger partial charge in [-0.15, -0.1) is 0 Å². The molecule has 0 aromatic heterocycles. The van der Waals surface area contributed by atoms with E-state index in [-0.39, 0.29) is 16.7 Å². The summed E-state index contributed by atoms with van der Waals surface area (Å²) in [6.45, 7) is 0. The number of carboxylic acid groups (broad SMARTS) is 2. The van der Waals surface area contributed by atoms with Gasteiger partial charge >= 0.3 is 11.9 Å². The van der Waals surface area contributed by atoms with Crippen molar-refractivity contribution < 1.29 is 22.5 Å². The number of aryl methyl sites for hydroxylation is 1. The molecule has 0 aliphatic heterocycles. The molecule has 0 saturated heterocycles. The summed E-state index contributed by atoms with van der Waals surface area (Å²) in [5, 5.41) is 18.2. The van der Waals surface area contributed by atoms with E-state index in [1.807, 2.05) is 0 Å². The third kappa shape index (κ3) is 1.58. The molecule has 1 aromatic carbocycles. The van der Waals surface area contributed by atoms with Crippen molar-refractivity contribution in [3.8, 4) is 0 Å². The van der Waals surface area contributed by atoms with Gasteiger partial charge in [-0.25, -0.2) is 9.59 Å². The topological polar surface area (TPSA) is 74.6 Å². The number of carboxylic acids is 2. The average Bonchev–Trinajstić information content (AvgIpc) is 2.27. The predicted octanol–water partition coefficient (Wildman–Crippen LogP) is 1.56. The van der Waals surface area contributed by atoms with Gasteiger partial charge in [-0.2, -0.15) is 0 Å². The summed E-state index contributed by atoms with van der Waals surface area (Å²) in [6, 6.07) is 6.07. The van der Waals surface area contributed by atoms with Crippen LogP contribution in [-0.2, 0) is 16.0 Å². The summed E-state index contributed by atoms with van der Waals surface area (Å²) >= 11 is 0. The van der Waals surface area contributed by atoms with Crippen molar-refractivity contribution in [2.24, 2.45) is 0 Å². The molecule has 1 aliphatic rings. The van der Waals surface area contributed by atoms with Crippen molar-refractivity contribution in [2.75, 3.05) is 0 Å². The molecule has 4 nitrogen and oxygen atoms in total. The maximum atomic E-state index is 11.2. The van der Waals surface area contributed by atoms with E-state index in [2.05, 4.69) is 0 Å². The Labute approximate surface area is 94.6 Å². The van der Waals surface area contributed by atoms with Crippen LogP contribution in [0.2, 0.25) is 0 Å². The third-order valence-electron chi connectivity index (χ3n) is 2.43. The molecule has 4 heteroatoms. The van der Waals surface area contributed by atoms with Crippen LogP contribution in [0.1, 0.15) is 20.3 Å². The van der Waals surface area contributed by atoms with E-state index in [4.69, 9.17) is 13.0 Å². The second-order valence-corrected chi connectivity index (χ2v) is 3.36. The SMILES string of the molecule is [2H]C1([2H])CC(C(=O)O)=C(C(=O)O)c2ccccc21. The van der Waals surface area contributed by atoms with Crippen LogP contribution in [0.3, 0.4) is 0 Å². The van der Waals surface area contributed by atoms with Gasteiger partial charge in [-0.3, -0.25) is 0 Å². The standard InChI is InChI=1S/C12H10O4/c13-11(14)9-6-5-7-3-1-2-4-8(7)10(9)12(15)16/h1-4H,5-6H2,(H,13,14)(H,15,16)/i5D2. The number of benzene rings is 1. The molecule has 0 radical (unpaired) electrons. The molecule has 0 atom stereocenters. The molecule has 2 N–H and O–H groups in total. The minimum Gasteiger partial charge on any atom is -0.478 e. The van der Waals surface area contributed by atoms with Gasteiger partial charge in [0, 0.05) is 2.74 Å². The Morgan fingerprint density at radius 2 is 1.88 bits per heavy atom. The number of hydrogen-bond donors (Lipinski definition) is 2. The van der Waals surface area contributed by atoms with Gasteiger partial charge < -0.3 is 10.2 Å². The van der Waals surface area contributed by atoms with Crippen LogP contribution in [-0.4, -0.2) is 22.2 Å². The summed E-state index contributed by atoms with van der Waals surface area (Å²) in [5.41, 5.74) is -0.370. The Kier molecular flexibility index (Phi) is 1.93. The van der Waals surface area contributed by atoms with E-state index in [0.717, 1.165) is 0 Å². The fourth-order valence-electron chi connectivity index (χ4n) is 1.72. The lowest BCUT2D eigenvalue weighted by Crippen LogP contribution is -2.16. The van der Waals surface area contributed by atoms with E-state index in [9.17, 15) is 9.59 Å².